The number of thioether (sulfide) groups is 1. The van der Waals surface area contributed by atoms with Crippen molar-refractivity contribution in [3.8, 4) is 29.1 Å². The maximum absolute atomic E-state index is 12.3. The predicted octanol–water partition coefficient (Wildman–Crippen LogP) is 3.20. The molecule has 0 amide bonds. The van der Waals surface area contributed by atoms with Crippen LogP contribution in [0.5, 0.6) is 5.75 Å². The maximum atomic E-state index is 12.3. The smallest absolute Gasteiger partial charge is 0.272 e. The van der Waals surface area contributed by atoms with Crippen molar-refractivity contribution in [2.45, 2.75) is 17.2 Å². The van der Waals surface area contributed by atoms with Gasteiger partial charge in [0, 0.05) is 17.5 Å². The fourth-order valence-corrected chi connectivity index (χ4v) is 3.38. The largest absolute Gasteiger partial charge is 0.486 e. The van der Waals surface area contributed by atoms with E-state index < -0.39 is 13.0 Å². The second-order valence-corrected chi connectivity index (χ2v) is 6.70. The van der Waals surface area contributed by atoms with Crippen molar-refractivity contribution >= 4 is 17.6 Å². The molecule has 0 saturated carbocycles. The summed E-state index contributed by atoms with van der Waals surface area (Å²) in [5.74, 6) is 0.469. The molecule has 0 aliphatic heterocycles. The van der Waals surface area contributed by atoms with Crippen molar-refractivity contribution in [3.63, 3.8) is 0 Å². The molecule has 0 aromatic carbocycles. The first-order chi connectivity index (χ1) is 14.5. The zero-order valence-corrected chi connectivity index (χ0v) is 16.1. The van der Waals surface area contributed by atoms with Crippen LogP contribution in [-0.4, -0.2) is 33.2 Å². The molecule has 0 atom stereocenters. The second-order valence-electron chi connectivity index (χ2n) is 5.74. The van der Waals surface area contributed by atoms with Gasteiger partial charge in [-0.25, -0.2) is 13.8 Å². The van der Waals surface area contributed by atoms with Crippen LogP contribution in [0.4, 0.5) is 14.6 Å². The lowest BCUT2D eigenvalue weighted by atomic mass is 10.0. The fraction of sp³-hybridized carbons (Fsp3) is 0.158. The van der Waals surface area contributed by atoms with Gasteiger partial charge in [-0.1, -0.05) is 11.8 Å². The number of pyridine rings is 2. The molecule has 0 radical (unpaired) electrons. The molecule has 8 nitrogen and oxygen atoms in total. The van der Waals surface area contributed by atoms with Gasteiger partial charge in [-0.05, 0) is 24.3 Å². The molecule has 30 heavy (non-hydrogen) atoms. The summed E-state index contributed by atoms with van der Waals surface area (Å²) in [5.41, 5.74) is 7.25. The van der Waals surface area contributed by atoms with Crippen molar-refractivity contribution in [1.29, 1.82) is 10.5 Å². The molecule has 150 valence electrons. The van der Waals surface area contributed by atoms with Gasteiger partial charge in [-0.15, -0.1) is 0 Å². The quantitative estimate of drug-likeness (QED) is 0.566. The number of alkyl halides is 2. The van der Waals surface area contributed by atoms with Gasteiger partial charge < -0.3 is 10.5 Å². The lowest BCUT2D eigenvalue weighted by Crippen LogP contribution is -2.07. The van der Waals surface area contributed by atoms with E-state index in [2.05, 4.69) is 26.2 Å². The normalized spacial score (nSPS) is 10.4. The van der Waals surface area contributed by atoms with E-state index in [1.807, 2.05) is 6.07 Å². The van der Waals surface area contributed by atoms with E-state index in [0.717, 1.165) is 0 Å². The van der Waals surface area contributed by atoms with Crippen LogP contribution in [0.2, 0.25) is 0 Å². The van der Waals surface area contributed by atoms with Crippen LogP contribution in [0.3, 0.4) is 0 Å². The maximum Gasteiger partial charge on any atom is 0.272 e. The number of hydrogen-bond acceptors (Lipinski definition) is 9. The van der Waals surface area contributed by atoms with Crippen LogP contribution in [0.1, 0.15) is 16.8 Å². The van der Waals surface area contributed by atoms with Crippen LogP contribution < -0.4 is 10.5 Å². The lowest BCUT2D eigenvalue weighted by Gasteiger charge is -2.13. The van der Waals surface area contributed by atoms with Gasteiger partial charge in [0.1, 0.15) is 40.9 Å². The fourth-order valence-electron chi connectivity index (χ4n) is 2.48. The van der Waals surface area contributed by atoms with Gasteiger partial charge in [0.25, 0.3) is 6.43 Å². The third-order valence-electron chi connectivity index (χ3n) is 3.77. The Hall–Kier alpha value is -3.83. The van der Waals surface area contributed by atoms with Gasteiger partial charge in [0.15, 0.2) is 0 Å². The number of anilines is 1. The Labute approximate surface area is 174 Å². The van der Waals surface area contributed by atoms with Crippen LogP contribution in [0.15, 0.2) is 41.7 Å². The summed E-state index contributed by atoms with van der Waals surface area (Å²) in [4.78, 5) is 8.35. The zero-order valence-electron chi connectivity index (χ0n) is 15.3. The molecule has 3 aromatic rings. The molecule has 0 unspecified atom stereocenters. The highest BCUT2D eigenvalue weighted by atomic mass is 32.2. The summed E-state index contributed by atoms with van der Waals surface area (Å²) >= 11 is 1.22. The molecule has 11 heteroatoms. The topological polar surface area (TPSA) is 134 Å². The predicted molar refractivity (Wildman–Crippen MR) is 104 cm³/mol. The first-order valence-electron chi connectivity index (χ1n) is 8.44. The number of nitrogen functional groups attached to an aromatic ring is 1. The lowest BCUT2D eigenvalue weighted by molar-refractivity contribution is 0.0817. The minimum Gasteiger partial charge on any atom is -0.486 e. The van der Waals surface area contributed by atoms with E-state index in [0.29, 0.717) is 16.5 Å². The van der Waals surface area contributed by atoms with E-state index in [1.165, 1.54) is 30.1 Å². The van der Waals surface area contributed by atoms with Crippen molar-refractivity contribution < 1.29 is 13.5 Å². The van der Waals surface area contributed by atoms with Gasteiger partial charge in [0.2, 0.25) is 0 Å². The Morgan fingerprint density at radius 1 is 1.17 bits per heavy atom. The van der Waals surface area contributed by atoms with E-state index >= 15 is 0 Å². The molecule has 3 aromatic heterocycles. The third kappa shape index (κ3) is 4.77. The Balaban J connectivity index is 1.99. The molecule has 0 fully saturated rings. The van der Waals surface area contributed by atoms with Crippen molar-refractivity contribution in [1.82, 2.24) is 20.2 Å². The number of hydrogen-bond donors (Lipinski definition) is 1. The zero-order chi connectivity index (χ0) is 21.5. The minimum absolute atomic E-state index is 0.00384. The Morgan fingerprint density at radius 3 is 2.57 bits per heavy atom. The molecule has 2 N–H and O–H groups in total. The highest BCUT2D eigenvalue weighted by Gasteiger charge is 2.21. The average molecular weight is 425 g/mol. The standard InChI is InChI=1S/C19H13F2N7OS/c20-16(21)9-29-12-3-4-15(25-8-12)17-13(6-22)18(24)27-19(14(17)7-23)30-10-11-2-1-5-26-28-11/h1-5,8,16H,9-10H2,(H2,24,27). The van der Waals surface area contributed by atoms with Crippen molar-refractivity contribution in [2.24, 2.45) is 0 Å². The summed E-state index contributed by atoms with van der Waals surface area (Å²) in [5, 5.41) is 27.4. The molecule has 3 rings (SSSR count). The molecule has 0 aliphatic carbocycles. The van der Waals surface area contributed by atoms with Gasteiger partial charge in [-0.3, -0.25) is 4.98 Å². The van der Waals surface area contributed by atoms with Crippen molar-refractivity contribution in [2.75, 3.05) is 12.3 Å². The summed E-state index contributed by atoms with van der Waals surface area (Å²) in [6.07, 6.45) is 0.169. The first kappa shape index (κ1) is 20.9. The van der Waals surface area contributed by atoms with Gasteiger partial charge >= 0.3 is 0 Å². The molecule has 3 heterocycles. The van der Waals surface area contributed by atoms with Gasteiger partial charge in [0.05, 0.1) is 23.1 Å². The molecule has 0 saturated heterocycles. The number of ether oxygens (including phenoxy) is 1. The molecular formula is C19H13F2N7OS. The van der Waals surface area contributed by atoms with Crippen LogP contribution in [0, 0.1) is 22.7 Å². The Bertz CT molecular complexity index is 1110. The van der Waals surface area contributed by atoms with Crippen molar-refractivity contribution in [3.05, 3.63) is 53.5 Å². The molecular weight excluding hydrogens is 412 g/mol. The monoisotopic (exact) mass is 425 g/mol. The van der Waals surface area contributed by atoms with Crippen LogP contribution in [0.25, 0.3) is 11.3 Å². The Morgan fingerprint density at radius 2 is 1.97 bits per heavy atom. The number of nitrogens with two attached hydrogens (primary N) is 1. The van der Waals surface area contributed by atoms with E-state index in [4.69, 9.17) is 10.5 Å². The van der Waals surface area contributed by atoms with E-state index in [-0.39, 0.29) is 34.0 Å². The molecule has 0 aliphatic rings. The number of nitrogens with zero attached hydrogens (tertiary/aromatic N) is 6. The first-order valence-corrected chi connectivity index (χ1v) is 9.42. The SMILES string of the molecule is N#Cc1c(N)nc(SCc2cccnn2)c(C#N)c1-c1ccc(OCC(F)F)cn1. The summed E-state index contributed by atoms with van der Waals surface area (Å²) < 4.78 is 29.5. The van der Waals surface area contributed by atoms with E-state index in [1.54, 1.807) is 18.3 Å². The van der Waals surface area contributed by atoms with Crippen LogP contribution in [-0.2, 0) is 5.75 Å². The third-order valence-corrected chi connectivity index (χ3v) is 4.78. The summed E-state index contributed by atoms with van der Waals surface area (Å²) in [7, 11) is 0. The molecule has 0 bridgehead atoms. The second kappa shape index (κ2) is 9.58. The number of nitriles is 2. The number of halogens is 2. The number of aromatic nitrogens is 4. The number of rotatable bonds is 7. The minimum atomic E-state index is -2.62. The highest BCUT2D eigenvalue weighted by molar-refractivity contribution is 7.98. The Kier molecular flexibility index (Phi) is 6.67. The average Bonchev–Trinajstić information content (AvgIpc) is 2.76. The summed E-state index contributed by atoms with van der Waals surface area (Å²) in [6, 6.07) is 10.4. The van der Waals surface area contributed by atoms with Crippen LogP contribution >= 0.6 is 11.8 Å². The molecule has 0 spiro atoms. The van der Waals surface area contributed by atoms with E-state index in [9.17, 15) is 19.3 Å². The highest BCUT2D eigenvalue weighted by Crippen LogP contribution is 2.36. The summed E-state index contributed by atoms with van der Waals surface area (Å²) in [6.45, 7) is -0.765. The van der Waals surface area contributed by atoms with Gasteiger partial charge in [-0.2, -0.15) is 20.7 Å².